The average molecular weight is 237 g/mol. The molecule has 0 aromatic heterocycles. The first-order chi connectivity index (χ1) is 8.29. The maximum absolute atomic E-state index is 11.7. The lowest BCUT2D eigenvalue weighted by molar-refractivity contribution is -0.179. The number of rotatable bonds is 3. The van der Waals surface area contributed by atoms with Crippen LogP contribution in [0.1, 0.15) is 10.4 Å². The Kier molecular flexibility index (Phi) is 4.08. The normalized spacial score (nSPS) is 21.1. The topological polar surface area (TPSA) is 59.0 Å². The molecule has 0 saturated carbocycles. The van der Waals surface area contributed by atoms with E-state index in [9.17, 15) is 4.79 Å². The summed E-state index contributed by atoms with van der Waals surface area (Å²) in [6, 6.07) is 8.81. The van der Waals surface area contributed by atoms with Gasteiger partial charge in [0.2, 0.25) is 0 Å². The van der Waals surface area contributed by atoms with Gasteiger partial charge in [-0.2, -0.15) is 0 Å². The van der Waals surface area contributed by atoms with Crippen molar-refractivity contribution >= 4 is 5.97 Å². The molecule has 0 amide bonds. The van der Waals surface area contributed by atoms with Gasteiger partial charge in [-0.15, -0.1) is 5.06 Å². The third kappa shape index (κ3) is 3.26. The van der Waals surface area contributed by atoms with Crippen LogP contribution in [-0.2, 0) is 9.57 Å². The van der Waals surface area contributed by atoms with Crippen molar-refractivity contribution in [3.8, 4) is 0 Å². The number of nitrogens with zero attached hydrogens (tertiary/aromatic N) is 1. The van der Waals surface area contributed by atoms with Gasteiger partial charge >= 0.3 is 5.97 Å². The average Bonchev–Trinajstić information content (AvgIpc) is 2.40. The molecule has 5 nitrogen and oxygen atoms in total. The Hall–Kier alpha value is -1.43. The van der Waals surface area contributed by atoms with E-state index in [0.29, 0.717) is 25.3 Å². The van der Waals surface area contributed by atoms with E-state index >= 15 is 0 Å². The second-order valence-corrected chi connectivity index (χ2v) is 3.81. The van der Waals surface area contributed by atoms with Gasteiger partial charge in [-0.25, -0.2) is 4.79 Å². The number of ether oxygens (including phenoxy) is 1. The molecule has 17 heavy (non-hydrogen) atoms. The van der Waals surface area contributed by atoms with Gasteiger partial charge in [-0.1, -0.05) is 18.2 Å². The molecule has 1 saturated heterocycles. The molecule has 5 heteroatoms. The highest BCUT2D eigenvalue weighted by Crippen LogP contribution is 2.08. The summed E-state index contributed by atoms with van der Waals surface area (Å²) in [5, 5.41) is 10.5. The van der Waals surface area contributed by atoms with Crippen LogP contribution in [0, 0.1) is 0 Å². The molecule has 0 unspecified atom stereocenters. The molecule has 1 heterocycles. The molecule has 1 N–H and O–H groups in total. The summed E-state index contributed by atoms with van der Waals surface area (Å²) < 4.78 is 5.26. The summed E-state index contributed by atoms with van der Waals surface area (Å²) in [6.45, 7) is 1.30. The summed E-state index contributed by atoms with van der Waals surface area (Å²) in [4.78, 5) is 17.0. The Bertz CT molecular complexity index is 368. The minimum Gasteiger partial charge on any atom is -0.394 e. The largest absolute Gasteiger partial charge is 0.394 e. The number of benzene rings is 1. The van der Waals surface area contributed by atoms with E-state index < -0.39 is 0 Å². The molecule has 0 bridgehead atoms. The van der Waals surface area contributed by atoms with Crippen molar-refractivity contribution < 1.29 is 19.5 Å². The molecule has 0 spiro atoms. The first kappa shape index (κ1) is 12.0. The van der Waals surface area contributed by atoms with E-state index in [1.165, 1.54) is 5.06 Å². The maximum atomic E-state index is 11.7. The van der Waals surface area contributed by atoms with E-state index in [1.807, 2.05) is 6.07 Å². The second-order valence-electron chi connectivity index (χ2n) is 3.81. The van der Waals surface area contributed by atoms with Crippen LogP contribution < -0.4 is 0 Å². The van der Waals surface area contributed by atoms with Crippen molar-refractivity contribution in [2.75, 3.05) is 26.3 Å². The Morgan fingerprint density at radius 2 is 2.24 bits per heavy atom. The lowest BCUT2D eigenvalue weighted by atomic mass is 10.2. The number of hydrogen-bond donors (Lipinski definition) is 1. The number of carbonyl (C=O) groups is 1. The maximum Gasteiger partial charge on any atom is 0.357 e. The van der Waals surface area contributed by atoms with Crippen molar-refractivity contribution in [1.29, 1.82) is 0 Å². The molecule has 1 aliphatic heterocycles. The third-order valence-electron chi connectivity index (χ3n) is 2.53. The van der Waals surface area contributed by atoms with Crippen LogP contribution in [0.15, 0.2) is 30.3 Å². The van der Waals surface area contributed by atoms with Crippen LogP contribution in [0.2, 0.25) is 0 Å². The second kappa shape index (κ2) is 5.77. The van der Waals surface area contributed by atoms with Crippen molar-refractivity contribution in [3.05, 3.63) is 35.9 Å². The molecule has 2 rings (SSSR count). The zero-order valence-corrected chi connectivity index (χ0v) is 9.41. The number of hydrogen-bond acceptors (Lipinski definition) is 5. The van der Waals surface area contributed by atoms with Gasteiger partial charge in [0.05, 0.1) is 38.0 Å². The van der Waals surface area contributed by atoms with Crippen molar-refractivity contribution in [3.63, 3.8) is 0 Å². The molecule has 1 aromatic rings. The minimum absolute atomic E-state index is 0.0701. The molecule has 92 valence electrons. The molecule has 1 atom stereocenters. The first-order valence-electron chi connectivity index (χ1n) is 5.54. The fourth-order valence-corrected chi connectivity index (χ4v) is 1.63. The predicted octanol–water partition coefficient (Wildman–Crippen LogP) is 0.451. The van der Waals surface area contributed by atoms with Crippen LogP contribution >= 0.6 is 0 Å². The Balaban J connectivity index is 1.90. The number of morpholine rings is 1. The summed E-state index contributed by atoms with van der Waals surface area (Å²) >= 11 is 0. The lowest BCUT2D eigenvalue weighted by Crippen LogP contribution is -2.44. The Labute approximate surface area is 99.5 Å². The number of aliphatic hydroxyl groups excluding tert-OH is 1. The summed E-state index contributed by atoms with van der Waals surface area (Å²) in [7, 11) is 0. The number of carbonyl (C=O) groups excluding carboxylic acids is 1. The van der Waals surface area contributed by atoms with Gasteiger partial charge in [0.1, 0.15) is 0 Å². The third-order valence-corrected chi connectivity index (χ3v) is 2.53. The van der Waals surface area contributed by atoms with Gasteiger partial charge in [0.25, 0.3) is 0 Å². The number of hydroxylamine groups is 2. The standard InChI is InChI=1S/C12H15NO4/c14-9-11-8-13(6-7-16-11)17-12(15)10-4-2-1-3-5-10/h1-5,11,14H,6-9H2/t11-/m1/s1. The Morgan fingerprint density at radius 1 is 1.47 bits per heavy atom. The SMILES string of the molecule is O=C(ON1CCO[C@@H](CO)C1)c1ccccc1. The predicted molar refractivity (Wildman–Crippen MR) is 60.3 cm³/mol. The quantitative estimate of drug-likeness (QED) is 0.827. The van der Waals surface area contributed by atoms with Gasteiger partial charge < -0.3 is 14.7 Å². The van der Waals surface area contributed by atoms with Gasteiger partial charge in [-0.3, -0.25) is 0 Å². The summed E-state index contributed by atoms with van der Waals surface area (Å²) in [5.41, 5.74) is 0.513. The number of aliphatic hydroxyl groups is 1. The highest BCUT2D eigenvalue weighted by molar-refractivity contribution is 5.89. The molecule has 0 aliphatic carbocycles. The van der Waals surface area contributed by atoms with Crippen molar-refractivity contribution in [1.82, 2.24) is 5.06 Å². The van der Waals surface area contributed by atoms with Crippen LogP contribution in [0.4, 0.5) is 0 Å². The fraction of sp³-hybridized carbons (Fsp3) is 0.417. The first-order valence-corrected chi connectivity index (χ1v) is 5.54. The monoisotopic (exact) mass is 237 g/mol. The summed E-state index contributed by atoms with van der Waals surface area (Å²) in [6.07, 6.45) is -0.285. The van der Waals surface area contributed by atoms with Gasteiger partial charge in [0, 0.05) is 0 Å². The van der Waals surface area contributed by atoms with Crippen molar-refractivity contribution in [2.24, 2.45) is 0 Å². The Morgan fingerprint density at radius 3 is 2.94 bits per heavy atom. The van der Waals surface area contributed by atoms with Gasteiger partial charge in [0.15, 0.2) is 0 Å². The molecule has 0 radical (unpaired) electrons. The van der Waals surface area contributed by atoms with Crippen LogP contribution in [0.25, 0.3) is 0 Å². The van der Waals surface area contributed by atoms with E-state index in [2.05, 4.69) is 0 Å². The minimum atomic E-state index is -0.385. The molecule has 1 fully saturated rings. The fourth-order valence-electron chi connectivity index (χ4n) is 1.63. The highest BCUT2D eigenvalue weighted by atomic mass is 16.7. The van der Waals surface area contributed by atoms with Gasteiger partial charge in [-0.05, 0) is 12.1 Å². The summed E-state index contributed by atoms with van der Waals surface area (Å²) in [5.74, 6) is -0.385. The van der Waals surface area contributed by atoms with Crippen LogP contribution in [0.3, 0.4) is 0 Å². The van der Waals surface area contributed by atoms with E-state index in [-0.39, 0.29) is 18.7 Å². The lowest BCUT2D eigenvalue weighted by Gasteiger charge is -2.30. The molecule has 1 aliphatic rings. The molecular formula is C12H15NO4. The highest BCUT2D eigenvalue weighted by Gasteiger charge is 2.23. The van der Waals surface area contributed by atoms with Crippen LogP contribution in [0.5, 0.6) is 0 Å². The van der Waals surface area contributed by atoms with E-state index in [1.54, 1.807) is 24.3 Å². The molecule has 1 aromatic carbocycles. The zero-order valence-electron chi connectivity index (χ0n) is 9.41. The van der Waals surface area contributed by atoms with E-state index in [0.717, 1.165) is 0 Å². The molecular weight excluding hydrogens is 222 g/mol. The smallest absolute Gasteiger partial charge is 0.357 e. The van der Waals surface area contributed by atoms with Crippen LogP contribution in [-0.4, -0.2) is 48.5 Å². The van der Waals surface area contributed by atoms with E-state index in [4.69, 9.17) is 14.7 Å². The van der Waals surface area contributed by atoms with Crippen molar-refractivity contribution in [2.45, 2.75) is 6.10 Å². The zero-order chi connectivity index (χ0) is 12.1.